The lowest BCUT2D eigenvalue weighted by molar-refractivity contribution is 0.229. The van der Waals surface area contributed by atoms with Crippen LogP contribution in [-0.4, -0.2) is 31.1 Å². The van der Waals surface area contributed by atoms with Gasteiger partial charge in [-0.25, -0.2) is 0 Å². The minimum Gasteiger partial charge on any atom is -0.464 e. The van der Waals surface area contributed by atoms with Crippen molar-refractivity contribution in [3.8, 4) is 0 Å². The molecule has 0 amide bonds. The average molecular weight is 276 g/mol. The van der Waals surface area contributed by atoms with Crippen LogP contribution in [0.4, 0.5) is 0 Å². The van der Waals surface area contributed by atoms with E-state index in [0.29, 0.717) is 23.9 Å². The van der Waals surface area contributed by atoms with E-state index in [2.05, 4.69) is 50.2 Å². The fourth-order valence-corrected chi connectivity index (χ4v) is 3.52. The van der Waals surface area contributed by atoms with E-state index in [4.69, 9.17) is 4.42 Å². The van der Waals surface area contributed by atoms with Gasteiger partial charge in [0.1, 0.15) is 11.5 Å². The molecule has 1 aliphatic carbocycles. The number of likely N-dealkylation sites (tertiary alicyclic amines) is 1. The molecule has 1 N–H and O–H groups in total. The van der Waals surface area contributed by atoms with Crippen LogP contribution in [-0.2, 0) is 0 Å². The van der Waals surface area contributed by atoms with Crippen LogP contribution in [0, 0.1) is 11.8 Å². The molecule has 112 valence electrons. The van der Waals surface area contributed by atoms with E-state index in [1.807, 2.05) is 0 Å². The Morgan fingerprint density at radius 2 is 2.05 bits per heavy atom. The molecule has 0 radical (unpaired) electrons. The molecule has 3 nitrogen and oxygen atoms in total. The molecule has 4 atom stereocenters. The number of rotatable bonds is 5. The fraction of sp³-hybridized carbons (Fsp3) is 0.765. The Morgan fingerprint density at radius 3 is 2.70 bits per heavy atom. The minimum absolute atomic E-state index is 0.448. The second-order valence-electron chi connectivity index (χ2n) is 7.10. The van der Waals surface area contributed by atoms with Gasteiger partial charge in [-0.3, -0.25) is 4.90 Å². The molecule has 2 aliphatic rings. The zero-order valence-corrected chi connectivity index (χ0v) is 13.2. The van der Waals surface area contributed by atoms with Gasteiger partial charge in [-0.05, 0) is 50.4 Å². The van der Waals surface area contributed by atoms with Gasteiger partial charge in [-0.1, -0.05) is 20.8 Å². The predicted molar refractivity (Wildman–Crippen MR) is 81.8 cm³/mol. The first-order valence-corrected chi connectivity index (χ1v) is 8.09. The summed E-state index contributed by atoms with van der Waals surface area (Å²) in [6.45, 7) is 9.00. The summed E-state index contributed by atoms with van der Waals surface area (Å²) in [5, 5.41) is 3.59. The topological polar surface area (TPSA) is 28.4 Å². The van der Waals surface area contributed by atoms with Crippen LogP contribution in [0.2, 0.25) is 0 Å². The van der Waals surface area contributed by atoms with E-state index < -0.39 is 0 Å². The van der Waals surface area contributed by atoms with Crippen LogP contribution in [0.1, 0.15) is 57.1 Å². The summed E-state index contributed by atoms with van der Waals surface area (Å²) in [5.74, 6) is 4.55. The summed E-state index contributed by atoms with van der Waals surface area (Å²) < 4.78 is 6.20. The van der Waals surface area contributed by atoms with Crippen molar-refractivity contribution in [1.82, 2.24) is 10.2 Å². The van der Waals surface area contributed by atoms with E-state index in [1.165, 1.54) is 30.9 Å². The molecule has 1 saturated carbocycles. The molecule has 0 bridgehead atoms. The standard InChI is InChI=1S/C17H28N2O/c1-11(2)18-10-13-7-8-19(4)17(13)16-6-5-15(20-16)14-9-12(14)3/h5-6,11-14,17-18H,7-10H2,1-4H3. The highest BCUT2D eigenvalue weighted by Gasteiger charge is 2.39. The molecule has 2 heterocycles. The number of hydrogen-bond donors (Lipinski definition) is 1. The van der Waals surface area contributed by atoms with Gasteiger partial charge in [0.2, 0.25) is 0 Å². The molecule has 1 aromatic heterocycles. The normalized spacial score (nSPS) is 34.0. The Bertz CT molecular complexity index is 454. The Morgan fingerprint density at radius 1 is 1.35 bits per heavy atom. The number of furan rings is 1. The zero-order chi connectivity index (χ0) is 14.3. The first-order chi connectivity index (χ1) is 9.56. The first kappa shape index (κ1) is 14.2. The third kappa shape index (κ3) is 2.79. The van der Waals surface area contributed by atoms with E-state index in [9.17, 15) is 0 Å². The number of nitrogens with one attached hydrogen (secondary N) is 1. The van der Waals surface area contributed by atoms with Crippen molar-refractivity contribution in [3.05, 3.63) is 23.7 Å². The lowest BCUT2D eigenvalue weighted by Gasteiger charge is -2.24. The maximum Gasteiger partial charge on any atom is 0.121 e. The van der Waals surface area contributed by atoms with E-state index in [-0.39, 0.29) is 0 Å². The van der Waals surface area contributed by atoms with Gasteiger partial charge in [0.15, 0.2) is 0 Å². The van der Waals surface area contributed by atoms with Crippen LogP contribution < -0.4 is 5.32 Å². The van der Waals surface area contributed by atoms with Crippen molar-refractivity contribution in [3.63, 3.8) is 0 Å². The molecule has 3 heteroatoms. The highest BCUT2D eigenvalue weighted by molar-refractivity contribution is 5.20. The number of hydrogen-bond acceptors (Lipinski definition) is 3. The maximum atomic E-state index is 6.20. The Kier molecular flexibility index (Phi) is 3.91. The van der Waals surface area contributed by atoms with E-state index >= 15 is 0 Å². The summed E-state index contributed by atoms with van der Waals surface area (Å²) in [4.78, 5) is 2.45. The van der Waals surface area contributed by atoms with Crippen LogP contribution in [0.5, 0.6) is 0 Å². The van der Waals surface area contributed by atoms with Crippen molar-refractivity contribution >= 4 is 0 Å². The molecule has 0 spiro atoms. The van der Waals surface area contributed by atoms with Crippen molar-refractivity contribution < 1.29 is 4.42 Å². The third-order valence-corrected chi connectivity index (χ3v) is 4.98. The molecular formula is C17H28N2O. The molecule has 1 aliphatic heterocycles. The SMILES string of the molecule is CC(C)NCC1CCN(C)C1c1ccc(C2CC2C)o1. The molecule has 0 aromatic carbocycles. The van der Waals surface area contributed by atoms with E-state index in [0.717, 1.165) is 12.5 Å². The lowest BCUT2D eigenvalue weighted by atomic mass is 9.98. The van der Waals surface area contributed by atoms with Gasteiger partial charge < -0.3 is 9.73 Å². The summed E-state index contributed by atoms with van der Waals surface area (Å²) in [6, 6.07) is 5.43. The monoisotopic (exact) mass is 276 g/mol. The molecule has 20 heavy (non-hydrogen) atoms. The quantitative estimate of drug-likeness (QED) is 0.893. The molecular weight excluding hydrogens is 248 g/mol. The minimum atomic E-state index is 0.448. The van der Waals surface area contributed by atoms with Crippen LogP contribution in [0.15, 0.2) is 16.5 Å². The van der Waals surface area contributed by atoms with Gasteiger partial charge in [-0.2, -0.15) is 0 Å². The summed E-state index contributed by atoms with van der Waals surface area (Å²) in [5.41, 5.74) is 0. The predicted octanol–water partition coefficient (Wildman–Crippen LogP) is 3.39. The Balaban J connectivity index is 1.70. The van der Waals surface area contributed by atoms with Gasteiger partial charge in [0, 0.05) is 18.5 Å². The first-order valence-electron chi connectivity index (χ1n) is 8.09. The second-order valence-corrected chi connectivity index (χ2v) is 7.10. The van der Waals surface area contributed by atoms with Gasteiger partial charge >= 0.3 is 0 Å². The van der Waals surface area contributed by atoms with Crippen LogP contribution in [0.3, 0.4) is 0 Å². The zero-order valence-electron chi connectivity index (χ0n) is 13.2. The highest BCUT2D eigenvalue weighted by atomic mass is 16.3. The second kappa shape index (κ2) is 5.53. The highest BCUT2D eigenvalue weighted by Crippen LogP contribution is 2.48. The third-order valence-electron chi connectivity index (χ3n) is 4.98. The molecule has 2 fully saturated rings. The van der Waals surface area contributed by atoms with Crippen molar-refractivity contribution in [2.24, 2.45) is 11.8 Å². The summed E-state index contributed by atoms with van der Waals surface area (Å²) >= 11 is 0. The molecule has 1 saturated heterocycles. The largest absolute Gasteiger partial charge is 0.464 e. The maximum absolute atomic E-state index is 6.20. The smallest absolute Gasteiger partial charge is 0.121 e. The van der Waals surface area contributed by atoms with Gasteiger partial charge in [-0.15, -0.1) is 0 Å². The molecule has 1 aromatic rings. The van der Waals surface area contributed by atoms with Crippen molar-refractivity contribution in [2.45, 2.75) is 51.6 Å². The van der Waals surface area contributed by atoms with Crippen LogP contribution in [0.25, 0.3) is 0 Å². The Hall–Kier alpha value is -0.800. The van der Waals surface area contributed by atoms with Crippen LogP contribution >= 0.6 is 0 Å². The van der Waals surface area contributed by atoms with Crippen molar-refractivity contribution in [2.75, 3.05) is 20.1 Å². The summed E-state index contributed by atoms with van der Waals surface area (Å²) in [7, 11) is 2.22. The van der Waals surface area contributed by atoms with Gasteiger partial charge in [0.25, 0.3) is 0 Å². The van der Waals surface area contributed by atoms with Gasteiger partial charge in [0.05, 0.1) is 6.04 Å². The summed E-state index contributed by atoms with van der Waals surface area (Å²) in [6.07, 6.45) is 2.56. The molecule has 3 rings (SSSR count). The molecule has 4 unspecified atom stereocenters. The average Bonchev–Trinajstić information content (AvgIpc) is 2.83. The lowest BCUT2D eigenvalue weighted by Crippen LogP contribution is -2.32. The van der Waals surface area contributed by atoms with E-state index in [1.54, 1.807) is 0 Å². The Labute approximate surface area is 122 Å². The fourth-order valence-electron chi connectivity index (χ4n) is 3.52. The van der Waals surface area contributed by atoms with Crippen molar-refractivity contribution in [1.29, 1.82) is 0 Å². The number of nitrogens with zero attached hydrogens (tertiary/aromatic N) is 1.